The van der Waals surface area contributed by atoms with E-state index < -0.39 is 11.9 Å². The standard InChI is InChI=1S/C29H39Cl2N5O5/c1-3-22(17-25-21(2)9-10-27(38)36(25)20-41-28(39)19-33-26(37)18-32)40-16-5-4-11-34-12-14-35(15-13-34)24-8-6-7-23(30)29(24)31/h3,6-8,17H,1,4-5,9-16,18-20,32H2,2H3,(H,33,37)/b22-17+. The molecule has 1 saturated heterocycles. The summed E-state index contributed by atoms with van der Waals surface area (Å²) in [6.07, 6.45) is 6.11. The number of amides is 2. The summed E-state index contributed by atoms with van der Waals surface area (Å²) in [4.78, 5) is 42.0. The molecule has 2 aliphatic rings. The number of anilines is 1. The topological polar surface area (TPSA) is 117 Å². The van der Waals surface area contributed by atoms with Gasteiger partial charge in [0.05, 0.1) is 28.9 Å². The molecule has 3 rings (SSSR count). The Morgan fingerprint density at radius 2 is 1.88 bits per heavy atom. The third-order valence-electron chi connectivity index (χ3n) is 6.97. The number of ether oxygens (including phenoxy) is 2. The zero-order valence-electron chi connectivity index (χ0n) is 23.5. The number of benzene rings is 1. The summed E-state index contributed by atoms with van der Waals surface area (Å²) in [5.74, 6) is -0.764. The molecule has 12 heteroatoms. The van der Waals surface area contributed by atoms with Crippen molar-refractivity contribution < 1.29 is 23.9 Å². The molecule has 224 valence electrons. The van der Waals surface area contributed by atoms with Crippen LogP contribution in [0.25, 0.3) is 0 Å². The number of rotatable bonds is 14. The van der Waals surface area contributed by atoms with E-state index in [9.17, 15) is 14.4 Å². The molecule has 2 amide bonds. The van der Waals surface area contributed by atoms with Gasteiger partial charge in [0.15, 0.2) is 6.73 Å². The lowest BCUT2D eigenvalue weighted by atomic mass is 10.0. The molecule has 0 aliphatic carbocycles. The highest BCUT2D eigenvalue weighted by Crippen LogP contribution is 2.33. The monoisotopic (exact) mass is 607 g/mol. The highest BCUT2D eigenvalue weighted by atomic mass is 35.5. The lowest BCUT2D eigenvalue weighted by Crippen LogP contribution is -2.46. The van der Waals surface area contributed by atoms with Crippen molar-refractivity contribution in [2.75, 3.05) is 64.1 Å². The minimum absolute atomic E-state index is 0.165. The lowest BCUT2D eigenvalue weighted by molar-refractivity contribution is -0.151. The van der Waals surface area contributed by atoms with Crippen LogP contribution in [0.3, 0.4) is 0 Å². The van der Waals surface area contributed by atoms with E-state index >= 15 is 0 Å². The van der Waals surface area contributed by atoms with Gasteiger partial charge in [0.2, 0.25) is 11.8 Å². The largest absolute Gasteiger partial charge is 0.494 e. The van der Waals surface area contributed by atoms with Crippen LogP contribution < -0.4 is 16.0 Å². The number of hydrogen-bond donors (Lipinski definition) is 2. The Morgan fingerprint density at radius 3 is 2.59 bits per heavy atom. The number of nitrogens with zero attached hydrogens (tertiary/aromatic N) is 3. The Labute approximate surface area is 251 Å². The van der Waals surface area contributed by atoms with Crippen molar-refractivity contribution in [1.29, 1.82) is 0 Å². The summed E-state index contributed by atoms with van der Waals surface area (Å²) >= 11 is 12.6. The Morgan fingerprint density at radius 1 is 1.12 bits per heavy atom. The molecule has 1 fully saturated rings. The van der Waals surface area contributed by atoms with Gasteiger partial charge in [-0.2, -0.15) is 0 Å². The number of piperazine rings is 1. The average Bonchev–Trinajstić information content (AvgIpc) is 2.98. The van der Waals surface area contributed by atoms with Crippen molar-refractivity contribution in [1.82, 2.24) is 15.1 Å². The second kappa shape index (κ2) is 16.4. The average molecular weight is 609 g/mol. The van der Waals surface area contributed by atoms with Crippen molar-refractivity contribution in [3.05, 3.63) is 64.0 Å². The summed E-state index contributed by atoms with van der Waals surface area (Å²) in [5.41, 5.74) is 7.79. The molecular weight excluding hydrogens is 569 g/mol. The van der Waals surface area contributed by atoms with Gasteiger partial charge < -0.3 is 25.4 Å². The van der Waals surface area contributed by atoms with Crippen molar-refractivity contribution in [2.45, 2.75) is 32.6 Å². The van der Waals surface area contributed by atoms with Crippen LogP contribution in [0.4, 0.5) is 5.69 Å². The lowest BCUT2D eigenvalue weighted by Gasteiger charge is -2.36. The van der Waals surface area contributed by atoms with Crippen LogP contribution >= 0.6 is 23.2 Å². The van der Waals surface area contributed by atoms with E-state index in [1.165, 1.54) is 4.90 Å². The van der Waals surface area contributed by atoms with Gasteiger partial charge in [-0.3, -0.25) is 24.2 Å². The van der Waals surface area contributed by atoms with Crippen LogP contribution in [-0.4, -0.2) is 86.7 Å². The zero-order chi connectivity index (χ0) is 29.8. The van der Waals surface area contributed by atoms with E-state index in [0.29, 0.717) is 40.9 Å². The Kier molecular flexibility index (Phi) is 13.0. The van der Waals surface area contributed by atoms with Gasteiger partial charge in [0.1, 0.15) is 12.3 Å². The maximum atomic E-state index is 12.6. The SMILES string of the molecule is C=C/C(=C\C1=C(C)CCC(=O)N1COC(=O)CNC(=O)CN)OCCCCN1CCN(c2cccc(Cl)c2Cl)CC1. The van der Waals surface area contributed by atoms with Crippen molar-refractivity contribution in [3.63, 3.8) is 0 Å². The molecule has 0 saturated carbocycles. The first kappa shape index (κ1) is 32.5. The van der Waals surface area contributed by atoms with Crippen molar-refractivity contribution in [3.8, 4) is 0 Å². The van der Waals surface area contributed by atoms with E-state index in [1.54, 1.807) is 18.2 Å². The highest BCUT2D eigenvalue weighted by molar-refractivity contribution is 6.43. The predicted molar refractivity (Wildman–Crippen MR) is 160 cm³/mol. The molecule has 0 unspecified atom stereocenters. The van der Waals surface area contributed by atoms with Gasteiger partial charge in [0, 0.05) is 44.4 Å². The summed E-state index contributed by atoms with van der Waals surface area (Å²) < 4.78 is 11.2. The number of carbonyl (C=O) groups excluding carboxylic acids is 3. The fourth-order valence-electron chi connectivity index (χ4n) is 4.57. The first-order chi connectivity index (χ1) is 19.7. The number of nitrogens with one attached hydrogen (secondary N) is 1. The Hall–Kier alpha value is -3.05. The second-order valence-corrected chi connectivity index (χ2v) is 10.6. The zero-order valence-corrected chi connectivity index (χ0v) is 25.0. The third-order valence-corrected chi connectivity index (χ3v) is 7.78. The first-order valence-corrected chi connectivity index (χ1v) is 14.5. The van der Waals surface area contributed by atoms with E-state index in [4.69, 9.17) is 38.4 Å². The molecule has 0 radical (unpaired) electrons. The summed E-state index contributed by atoms with van der Waals surface area (Å²) in [5, 5.41) is 3.52. The van der Waals surface area contributed by atoms with Crippen LogP contribution in [0, 0.1) is 0 Å². The fourth-order valence-corrected chi connectivity index (χ4v) is 4.98. The number of unbranched alkanes of at least 4 members (excludes halogenated alkanes) is 1. The number of esters is 1. The van der Waals surface area contributed by atoms with E-state index in [1.807, 2.05) is 19.1 Å². The molecular formula is C29H39Cl2N5O5. The second-order valence-electron chi connectivity index (χ2n) is 9.82. The molecule has 41 heavy (non-hydrogen) atoms. The molecule has 3 N–H and O–H groups in total. The number of halogens is 2. The minimum Gasteiger partial charge on any atom is -0.494 e. The molecule has 1 aromatic rings. The molecule has 0 spiro atoms. The normalized spacial score (nSPS) is 16.6. The summed E-state index contributed by atoms with van der Waals surface area (Å²) in [6, 6.07) is 5.73. The Balaban J connectivity index is 1.44. The van der Waals surface area contributed by atoms with Gasteiger partial charge in [-0.05, 0) is 56.5 Å². The Bertz CT molecular complexity index is 1160. The summed E-state index contributed by atoms with van der Waals surface area (Å²) in [7, 11) is 0. The van der Waals surface area contributed by atoms with Crippen LogP contribution in [0.1, 0.15) is 32.6 Å². The van der Waals surface area contributed by atoms with E-state index in [0.717, 1.165) is 56.8 Å². The number of hydrogen-bond acceptors (Lipinski definition) is 8. The van der Waals surface area contributed by atoms with Gasteiger partial charge in [-0.25, -0.2) is 0 Å². The summed E-state index contributed by atoms with van der Waals surface area (Å²) in [6.45, 7) is 10.1. The van der Waals surface area contributed by atoms with Gasteiger partial charge in [-0.15, -0.1) is 0 Å². The number of nitrogens with two attached hydrogens (primary N) is 1. The molecule has 10 nitrogen and oxygen atoms in total. The van der Waals surface area contributed by atoms with Gasteiger partial charge in [0.25, 0.3) is 0 Å². The maximum Gasteiger partial charge on any atom is 0.327 e. The van der Waals surface area contributed by atoms with Crippen molar-refractivity contribution in [2.24, 2.45) is 5.73 Å². The van der Waals surface area contributed by atoms with Gasteiger partial charge >= 0.3 is 5.97 Å². The predicted octanol–water partition coefficient (Wildman–Crippen LogP) is 3.45. The molecule has 1 aromatic carbocycles. The number of allylic oxidation sites excluding steroid dienone is 3. The van der Waals surface area contributed by atoms with Crippen LogP contribution in [0.15, 0.2) is 54.0 Å². The van der Waals surface area contributed by atoms with Crippen LogP contribution in [0.2, 0.25) is 10.0 Å². The van der Waals surface area contributed by atoms with E-state index in [-0.39, 0.29) is 25.7 Å². The molecule has 0 aromatic heterocycles. The fraction of sp³-hybridized carbons (Fsp3) is 0.483. The van der Waals surface area contributed by atoms with Crippen molar-refractivity contribution >= 4 is 46.7 Å². The molecule has 2 aliphatic heterocycles. The van der Waals surface area contributed by atoms with Crippen LogP contribution in [-0.2, 0) is 23.9 Å². The van der Waals surface area contributed by atoms with E-state index in [2.05, 4.69) is 21.7 Å². The molecule has 0 atom stereocenters. The third kappa shape index (κ3) is 9.78. The number of carbonyl (C=O) groups is 3. The quantitative estimate of drug-likeness (QED) is 0.143. The molecule has 0 bridgehead atoms. The highest BCUT2D eigenvalue weighted by Gasteiger charge is 2.25. The maximum absolute atomic E-state index is 12.6. The smallest absolute Gasteiger partial charge is 0.327 e. The molecule has 2 heterocycles. The van der Waals surface area contributed by atoms with Gasteiger partial charge in [-0.1, -0.05) is 35.8 Å². The minimum atomic E-state index is -0.666. The first-order valence-electron chi connectivity index (χ1n) is 13.7. The van der Waals surface area contributed by atoms with Crippen LogP contribution in [0.5, 0.6) is 0 Å².